The molecule has 0 fully saturated rings. The average Bonchev–Trinajstić information content (AvgIpc) is 2.58. The van der Waals surface area contributed by atoms with Crippen molar-refractivity contribution in [2.45, 2.75) is 6.92 Å². The molecule has 0 unspecified atom stereocenters. The Bertz CT molecular complexity index is 1050. The SMILES string of the molecule is Cc1ccc2c(c1=Cc1ccccc1)=c1ccccc1=CN2. The number of anilines is 1. The van der Waals surface area contributed by atoms with E-state index in [-0.39, 0.29) is 0 Å². The van der Waals surface area contributed by atoms with Gasteiger partial charge in [0.1, 0.15) is 0 Å². The first kappa shape index (κ1) is 12.9. The zero-order valence-electron chi connectivity index (χ0n) is 12.5. The Balaban J connectivity index is 2.24. The van der Waals surface area contributed by atoms with Crippen LogP contribution in [-0.2, 0) is 0 Å². The summed E-state index contributed by atoms with van der Waals surface area (Å²) in [5.41, 5.74) is 3.69. The first-order chi connectivity index (χ1) is 10.8. The number of aryl methyl sites for hydroxylation is 1. The predicted molar refractivity (Wildman–Crippen MR) is 92.6 cm³/mol. The summed E-state index contributed by atoms with van der Waals surface area (Å²) in [5, 5.41) is 8.54. The van der Waals surface area contributed by atoms with Crippen molar-refractivity contribution in [3.63, 3.8) is 0 Å². The van der Waals surface area contributed by atoms with Gasteiger partial charge in [-0.05, 0) is 45.8 Å². The molecule has 0 amide bonds. The van der Waals surface area contributed by atoms with E-state index in [1.807, 2.05) is 0 Å². The summed E-state index contributed by atoms with van der Waals surface area (Å²) in [6, 6.07) is 23.4. The molecule has 3 aromatic rings. The van der Waals surface area contributed by atoms with Gasteiger partial charge in [0, 0.05) is 17.1 Å². The standard InChI is InChI=1S/C21H17N/c1-15-11-12-20-21(18-10-6-5-9-17(18)14-22-20)19(15)13-16-7-3-2-4-8-16/h2-14,22H,1H3. The summed E-state index contributed by atoms with van der Waals surface area (Å²) in [7, 11) is 0. The van der Waals surface area contributed by atoms with Gasteiger partial charge in [-0.3, -0.25) is 0 Å². The van der Waals surface area contributed by atoms with Gasteiger partial charge in [-0.15, -0.1) is 0 Å². The van der Waals surface area contributed by atoms with E-state index in [2.05, 4.69) is 91.2 Å². The van der Waals surface area contributed by atoms with Crippen LogP contribution in [0.1, 0.15) is 11.1 Å². The van der Waals surface area contributed by atoms with Gasteiger partial charge < -0.3 is 5.32 Å². The van der Waals surface area contributed by atoms with Crippen LogP contribution in [0.4, 0.5) is 5.69 Å². The summed E-state index contributed by atoms with van der Waals surface area (Å²) < 4.78 is 0. The lowest BCUT2D eigenvalue weighted by atomic mass is 10.0. The Labute approximate surface area is 129 Å². The van der Waals surface area contributed by atoms with Crippen molar-refractivity contribution in [2.24, 2.45) is 0 Å². The van der Waals surface area contributed by atoms with E-state index in [1.54, 1.807) is 0 Å². The van der Waals surface area contributed by atoms with Crippen molar-refractivity contribution in [2.75, 3.05) is 5.32 Å². The van der Waals surface area contributed by atoms with Gasteiger partial charge in [0.15, 0.2) is 0 Å². The highest BCUT2D eigenvalue weighted by Gasteiger charge is 2.04. The molecule has 3 aromatic carbocycles. The lowest BCUT2D eigenvalue weighted by Gasteiger charge is -2.11. The molecule has 106 valence electrons. The van der Waals surface area contributed by atoms with Crippen LogP contribution in [0.5, 0.6) is 0 Å². The van der Waals surface area contributed by atoms with E-state index in [9.17, 15) is 0 Å². The number of benzene rings is 3. The fourth-order valence-electron chi connectivity index (χ4n) is 3.04. The van der Waals surface area contributed by atoms with E-state index in [1.165, 1.54) is 37.7 Å². The maximum absolute atomic E-state index is 3.43. The third-order valence-electron chi connectivity index (χ3n) is 4.19. The van der Waals surface area contributed by atoms with E-state index >= 15 is 0 Å². The summed E-state index contributed by atoms with van der Waals surface area (Å²) in [4.78, 5) is 0. The molecule has 0 saturated carbocycles. The number of rotatable bonds is 1. The third-order valence-corrected chi connectivity index (χ3v) is 4.19. The normalized spacial score (nSPS) is 12.9. The minimum Gasteiger partial charge on any atom is -0.361 e. The molecule has 1 heteroatoms. The van der Waals surface area contributed by atoms with Crippen LogP contribution < -0.4 is 15.8 Å². The zero-order chi connectivity index (χ0) is 14.9. The van der Waals surface area contributed by atoms with Crippen molar-refractivity contribution in [3.8, 4) is 0 Å². The fraction of sp³-hybridized carbons (Fsp3) is 0.0476. The molecular weight excluding hydrogens is 266 g/mol. The lowest BCUT2D eigenvalue weighted by Crippen LogP contribution is -2.19. The Hall–Kier alpha value is -2.80. The van der Waals surface area contributed by atoms with Crippen molar-refractivity contribution in [1.29, 1.82) is 0 Å². The van der Waals surface area contributed by atoms with Crippen molar-refractivity contribution >= 4 is 18.0 Å². The van der Waals surface area contributed by atoms with Crippen LogP contribution >= 0.6 is 0 Å². The van der Waals surface area contributed by atoms with Gasteiger partial charge in [0.25, 0.3) is 0 Å². The second kappa shape index (κ2) is 5.19. The summed E-state index contributed by atoms with van der Waals surface area (Å²) in [5.74, 6) is 0. The average molecular weight is 283 g/mol. The van der Waals surface area contributed by atoms with Crippen molar-refractivity contribution < 1.29 is 0 Å². The topological polar surface area (TPSA) is 12.0 Å². The fourth-order valence-corrected chi connectivity index (χ4v) is 3.04. The second-order valence-corrected chi connectivity index (χ2v) is 5.65. The Kier molecular flexibility index (Phi) is 3.05. The van der Waals surface area contributed by atoms with Crippen LogP contribution in [0.15, 0.2) is 66.7 Å². The summed E-state index contributed by atoms with van der Waals surface area (Å²) >= 11 is 0. The number of fused-ring (bicyclic) bond motifs is 2. The molecule has 0 aromatic heterocycles. The van der Waals surface area contributed by atoms with Crippen molar-refractivity contribution in [1.82, 2.24) is 0 Å². The Morgan fingerprint density at radius 2 is 1.59 bits per heavy atom. The van der Waals surface area contributed by atoms with E-state index in [0.29, 0.717) is 0 Å². The molecule has 0 aliphatic carbocycles. The number of hydrogen-bond donors (Lipinski definition) is 1. The first-order valence-corrected chi connectivity index (χ1v) is 7.55. The molecule has 22 heavy (non-hydrogen) atoms. The molecule has 0 spiro atoms. The highest BCUT2D eigenvalue weighted by molar-refractivity contribution is 5.63. The predicted octanol–water partition coefficient (Wildman–Crippen LogP) is 3.27. The van der Waals surface area contributed by atoms with Gasteiger partial charge in [0.2, 0.25) is 0 Å². The second-order valence-electron chi connectivity index (χ2n) is 5.65. The molecule has 1 aliphatic rings. The molecule has 0 bridgehead atoms. The van der Waals surface area contributed by atoms with Crippen molar-refractivity contribution in [3.05, 3.63) is 98.7 Å². The number of hydrogen-bond acceptors (Lipinski definition) is 1. The monoisotopic (exact) mass is 283 g/mol. The molecule has 1 heterocycles. The minimum absolute atomic E-state index is 1.17. The number of nitrogens with one attached hydrogen (secondary N) is 1. The maximum Gasteiger partial charge on any atom is 0.0466 e. The van der Waals surface area contributed by atoms with E-state index < -0.39 is 0 Å². The van der Waals surface area contributed by atoms with Crippen LogP contribution in [0, 0.1) is 17.4 Å². The van der Waals surface area contributed by atoms with E-state index in [0.717, 1.165) is 0 Å². The van der Waals surface area contributed by atoms with Crippen LogP contribution in [0.2, 0.25) is 0 Å². The van der Waals surface area contributed by atoms with Crippen LogP contribution in [-0.4, -0.2) is 0 Å². The minimum atomic E-state index is 1.17. The van der Waals surface area contributed by atoms with Gasteiger partial charge in [-0.25, -0.2) is 0 Å². The lowest BCUT2D eigenvalue weighted by molar-refractivity contribution is 1.30. The quantitative estimate of drug-likeness (QED) is 0.723. The van der Waals surface area contributed by atoms with Gasteiger partial charge in [0.05, 0.1) is 0 Å². The maximum atomic E-state index is 3.43. The van der Waals surface area contributed by atoms with Crippen LogP contribution in [0.3, 0.4) is 0 Å². The summed E-state index contributed by atoms with van der Waals surface area (Å²) in [6.07, 6.45) is 4.36. The molecule has 1 aliphatic heterocycles. The smallest absolute Gasteiger partial charge is 0.0466 e. The van der Waals surface area contributed by atoms with Gasteiger partial charge >= 0.3 is 0 Å². The highest BCUT2D eigenvalue weighted by atomic mass is 14.8. The Morgan fingerprint density at radius 1 is 0.818 bits per heavy atom. The molecular formula is C21H17N. The Morgan fingerprint density at radius 3 is 2.45 bits per heavy atom. The molecule has 4 rings (SSSR count). The largest absolute Gasteiger partial charge is 0.361 e. The molecule has 0 saturated heterocycles. The molecule has 1 N–H and O–H groups in total. The molecule has 1 nitrogen and oxygen atoms in total. The molecule has 0 atom stereocenters. The van der Waals surface area contributed by atoms with E-state index in [4.69, 9.17) is 0 Å². The first-order valence-electron chi connectivity index (χ1n) is 7.55. The summed E-state index contributed by atoms with van der Waals surface area (Å²) in [6.45, 7) is 2.18. The highest BCUT2D eigenvalue weighted by Crippen LogP contribution is 2.12. The van der Waals surface area contributed by atoms with Gasteiger partial charge in [-0.1, -0.05) is 60.7 Å². The third kappa shape index (κ3) is 2.11. The zero-order valence-corrected chi connectivity index (χ0v) is 12.5. The van der Waals surface area contributed by atoms with Gasteiger partial charge in [-0.2, -0.15) is 0 Å². The van der Waals surface area contributed by atoms with Crippen LogP contribution in [0.25, 0.3) is 12.3 Å². The molecule has 0 radical (unpaired) electrons.